The van der Waals surface area contributed by atoms with E-state index in [1.807, 2.05) is 6.92 Å². The predicted molar refractivity (Wildman–Crippen MR) is 353 cm³/mol. The Hall–Kier alpha value is -13.1. The number of halogens is 3. The second-order valence-corrected chi connectivity index (χ2v) is 21.8. The summed E-state index contributed by atoms with van der Waals surface area (Å²) in [6, 6.07) is 21.8. The summed E-state index contributed by atoms with van der Waals surface area (Å²) in [5.74, 6) is -0.182. The molecular formula is C68H52F3N19O7. The lowest BCUT2D eigenvalue weighted by molar-refractivity contribution is 0.103. The number of carbonyl (C=O) groups is 2. The van der Waals surface area contributed by atoms with Gasteiger partial charge in [-0.2, -0.15) is 0 Å². The van der Waals surface area contributed by atoms with E-state index in [0.717, 1.165) is 6.07 Å². The van der Waals surface area contributed by atoms with Gasteiger partial charge in [0.1, 0.15) is 75.8 Å². The topological polar surface area (TPSA) is 358 Å². The molecule has 0 spiro atoms. The highest BCUT2D eigenvalue weighted by Crippen LogP contribution is 2.28. The van der Waals surface area contributed by atoms with Gasteiger partial charge in [0.25, 0.3) is 22.2 Å². The first-order chi connectivity index (χ1) is 46.9. The van der Waals surface area contributed by atoms with Crippen molar-refractivity contribution >= 4 is 66.9 Å². The molecular weight excluding hydrogens is 1250 g/mol. The number of nitrogens with two attached hydrogens (primary N) is 1. The van der Waals surface area contributed by atoms with Crippen LogP contribution in [0.15, 0.2) is 208 Å². The zero-order valence-electron chi connectivity index (χ0n) is 51.3. The number of anilines is 2. The number of pyridine rings is 4. The fourth-order valence-electron chi connectivity index (χ4n) is 10.8. The summed E-state index contributed by atoms with van der Waals surface area (Å²) >= 11 is 0. The second-order valence-electron chi connectivity index (χ2n) is 21.8. The van der Waals surface area contributed by atoms with Crippen molar-refractivity contribution in [2.45, 2.75) is 51.7 Å². The van der Waals surface area contributed by atoms with Crippen molar-refractivity contribution in [2.24, 2.45) is 5.73 Å². The molecule has 0 fully saturated rings. The average Bonchev–Trinajstić information content (AvgIpc) is 0.812. The molecule has 13 aromatic rings. The van der Waals surface area contributed by atoms with Crippen LogP contribution >= 0.6 is 0 Å². The third kappa shape index (κ3) is 13.3. The van der Waals surface area contributed by atoms with E-state index in [-0.39, 0.29) is 49.8 Å². The van der Waals surface area contributed by atoms with Crippen LogP contribution in [0.5, 0.6) is 0 Å². The molecule has 0 aliphatic heterocycles. The maximum atomic E-state index is 13.8. The first-order valence-electron chi connectivity index (χ1n) is 29.7. The molecule has 26 nitrogen and oxygen atoms in total. The van der Waals surface area contributed by atoms with Crippen LogP contribution in [0.25, 0.3) is 60.8 Å². The molecule has 3 aromatic carbocycles. The number of ketones is 2. The molecule has 15 rings (SSSR count). The number of hydrogen-bond acceptors (Lipinski definition) is 21. The van der Waals surface area contributed by atoms with Gasteiger partial charge in [-0.25, -0.2) is 53.0 Å². The van der Waals surface area contributed by atoms with E-state index < -0.39 is 46.7 Å². The lowest BCUT2D eigenvalue weighted by Gasteiger charge is -2.21. The molecule has 0 bridgehead atoms. The van der Waals surface area contributed by atoms with Crippen molar-refractivity contribution in [3.8, 4) is 17.1 Å². The Balaban J connectivity index is 0.000000130. The van der Waals surface area contributed by atoms with E-state index in [1.54, 1.807) is 87.2 Å². The van der Waals surface area contributed by atoms with E-state index in [0.29, 0.717) is 104 Å². The van der Waals surface area contributed by atoms with Crippen LogP contribution < -0.4 is 44.0 Å². The number of benzene rings is 3. The Bertz CT molecular complexity index is 5610. The minimum atomic E-state index is -0.560. The summed E-state index contributed by atoms with van der Waals surface area (Å²) in [5, 5.41) is 7.18. The van der Waals surface area contributed by atoms with Gasteiger partial charge in [0.2, 0.25) is 0 Å². The summed E-state index contributed by atoms with van der Waals surface area (Å²) in [7, 11) is 0. The smallest absolute Gasteiger partial charge is 0.266 e. The van der Waals surface area contributed by atoms with Gasteiger partial charge in [-0.1, -0.05) is 12.2 Å². The molecule has 29 heteroatoms. The first kappa shape index (κ1) is 64.1. The fourth-order valence-corrected chi connectivity index (χ4v) is 10.8. The van der Waals surface area contributed by atoms with Crippen molar-refractivity contribution in [1.29, 1.82) is 0 Å². The number of aromatic nitrogens is 16. The van der Waals surface area contributed by atoms with Gasteiger partial charge in [-0.15, -0.1) is 0 Å². The average molecular weight is 1300 g/mol. The van der Waals surface area contributed by atoms with E-state index in [4.69, 9.17) is 5.73 Å². The number of aromatic amines is 2. The zero-order chi connectivity index (χ0) is 68.0. The highest BCUT2D eigenvalue weighted by atomic mass is 19.1. The molecule has 97 heavy (non-hydrogen) atoms. The molecule has 6 N–H and O–H groups in total. The van der Waals surface area contributed by atoms with Crippen molar-refractivity contribution in [3.63, 3.8) is 0 Å². The summed E-state index contributed by atoms with van der Waals surface area (Å²) < 4.78 is 45.2. The molecule has 0 saturated heterocycles. The minimum absolute atomic E-state index is 0.147. The molecule has 3 atom stereocenters. The standard InChI is InChI=1S/C23H17FN6O2.C22H16FN7O2.C15H13FN4O.C8H6N2O2/c1-13(28-21-20-18(26-12-27-21)5-2-6-19(20)31)22-29-17-8-7-14(24)10-16(17)23(32)30(22)15-4-3-9-25-11-15;1-12(28-20-18-17(31)6-8-25-19(18)26-11-27-20)21-29-16-5-4-13(23)9-15(16)22(32)30(21)14-3-2-7-24-10-14;1-9(17)14-19-13-5-4-10(16)7-12(13)15(21)20(14)11-3-2-6-18-8-11;11-6-3-1-2-5-7(6)8(12)10-4-9-5/h2-4,6-13H,5H2,1H3,(H,26,27,28);2-12H,1H3,(H2,25,26,27,28,31);2-9H,17H2,1H3;1,3-4H,2H2,(H,9,10,12)/t13-;12-;9-;/m000./s1. The number of nitrogens with zero attached hydrogens (tertiary/aromatic N) is 14. The number of fused-ring (bicyclic) bond motifs is 6. The third-order valence-corrected chi connectivity index (χ3v) is 15.2. The molecule has 0 radical (unpaired) electrons. The van der Waals surface area contributed by atoms with Gasteiger partial charge < -0.3 is 26.3 Å². The van der Waals surface area contributed by atoms with Crippen LogP contribution in [0.3, 0.4) is 0 Å². The fraction of sp³-hybridized carbons (Fsp3) is 0.118. The minimum Gasteiger partial charge on any atom is -0.360 e. The Kier molecular flexibility index (Phi) is 18.3. The van der Waals surface area contributed by atoms with E-state index in [2.05, 4.69) is 75.4 Å². The Morgan fingerprint density at radius 3 is 1.42 bits per heavy atom. The number of hydrogen-bond donors (Lipinski definition) is 5. The monoisotopic (exact) mass is 1300 g/mol. The number of H-pyrrole nitrogens is 2. The molecule has 0 saturated carbocycles. The van der Waals surface area contributed by atoms with Crippen LogP contribution in [0.2, 0.25) is 0 Å². The SMILES string of the molecule is C[C@H](N)c1nc2ccc(F)cc2c(=O)n1-c1cccnc1.C[C@H](Nc1ncnc2[nH]ccc(=O)c12)c1nc2ccc(F)cc2c(=O)n1-c1cccnc1.C[C@H](Nc1ncnc2c1C(=O)C=CC2)c1nc2ccc(F)cc2c(=O)n1-c1cccnc1.O=C1C=CCc2nc[nH]c(=O)c21. The van der Waals surface area contributed by atoms with E-state index in [9.17, 15) is 46.7 Å². The summed E-state index contributed by atoms with van der Waals surface area (Å²) in [6.45, 7) is 5.33. The highest BCUT2D eigenvalue weighted by Gasteiger charge is 2.26. The van der Waals surface area contributed by atoms with Gasteiger partial charge in [-0.3, -0.25) is 62.2 Å². The molecule has 2 aliphatic rings. The van der Waals surface area contributed by atoms with Crippen LogP contribution in [0, 0.1) is 17.5 Å². The zero-order valence-corrected chi connectivity index (χ0v) is 51.3. The Morgan fingerprint density at radius 1 is 0.505 bits per heavy atom. The Labute approximate surface area is 544 Å². The van der Waals surface area contributed by atoms with Crippen LogP contribution in [0.1, 0.15) is 88.5 Å². The quantitative estimate of drug-likeness (QED) is 0.0868. The van der Waals surface area contributed by atoms with Crippen molar-refractivity contribution in [3.05, 3.63) is 293 Å². The molecule has 2 aliphatic carbocycles. The van der Waals surface area contributed by atoms with Gasteiger partial charge >= 0.3 is 0 Å². The van der Waals surface area contributed by atoms with Crippen LogP contribution in [0.4, 0.5) is 24.8 Å². The molecule has 0 amide bonds. The first-order valence-corrected chi connectivity index (χ1v) is 29.7. The number of allylic oxidation sites excluding steroid dienone is 4. The second kappa shape index (κ2) is 27.6. The predicted octanol–water partition coefficient (Wildman–Crippen LogP) is 7.91. The number of nitrogens with one attached hydrogen (secondary N) is 4. The van der Waals surface area contributed by atoms with Crippen molar-refractivity contribution in [1.82, 2.24) is 78.5 Å². The molecule has 0 unspecified atom stereocenters. The molecule has 482 valence electrons. The van der Waals surface area contributed by atoms with Gasteiger partial charge in [0.15, 0.2) is 17.0 Å². The third-order valence-electron chi connectivity index (χ3n) is 15.2. The van der Waals surface area contributed by atoms with Gasteiger partial charge in [-0.05, 0) is 124 Å². The normalized spacial score (nSPS) is 13.1. The molecule has 10 heterocycles. The maximum absolute atomic E-state index is 13.8. The Morgan fingerprint density at radius 2 is 0.948 bits per heavy atom. The van der Waals surface area contributed by atoms with Crippen LogP contribution in [-0.2, 0) is 12.8 Å². The lowest BCUT2D eigenvalue weighted by Crippen LogP contribution is -2.28. The van der Waals surface area contributed by atoms with E-state index >= 15 is 0 Å². The van der Waals surface area contributed by atoms with Gasteiger partial charge in [0, 0.05) is 43.7 Å². The summed E-state index contributed by atoms with van der Waals surface area (Å²) in [4.78, 5) is 138. The maximum Gasteiger partial charge on any atom is 0.266 e. The van der Waals surface area contributed by atoms with Crippen molar-refractivity contribution < 1.29 is 22.8 Å². The lowest BCUT2D eigenvalue weighted by atomic mass is 10.0. The van der Waals surface area contributed by atoms with Crippen LogP contribution in [-0.4, -0.2) is 90.1 Å². The van der Waals surface area contributed by atoms with Crippen molar-refractivity contribution in [2.75, 3.05) is 10.6 Å². The highest BCUT2D eigenvalue weighted by molar-refractivity contribution is 6.09. The number of carbonyl (C=O) groups excluding carboxylic acids is 2. The molecule has 10 aromatic heterocycles. The largest absolute Gasteiger partial charge is 0.360 e. The summed E-state index contributed by atoms with van der Waals surface area (Å²) in [6.07, 6.45) is 22.4. The van der Waals surface area contributed by atoms with Gasteiger partial charge in [0.05, 0.1) is 110 Å². The van der Waals surface area contributed by atoms with E-state index in [1.165, 1.54) is 118 Å². The summed E-state index contributed by atoms with van der Waals surface area (Å²) in [5.41, 5.74) is 8.93. The number of rotatable bonds is 10.